The molecule has 1 saturated heterocycles. The third-order valence-electron chi connectivity index (χ3n) is 4.21. The minimum absolute atomic E-state index is 0.00360. The molecule has 0 aliphatic carbocycles. The monoisotopic (exact) mass is 321 g/mol. The Morgan fingerprint density at radius 3 is 2.91 bits per heavy atom. The number of carbonyl (C=O) groups is 2. The van der Waals surface area contributed by atoms with E-state index >= 15 is 0 Å². The van der Waals surface area contributed by atoms with Gasteiger partial charge in [0.15, 0.2) is 0 Å². The van der Waals surface area contributed by atoms with E-state index in [1.54, 1.807) is 13.1 Å². The van der Waals surface area contributed by atoms with E-state index in [0.717, 1.165) is 32.4 Å². The van der Waals surface area contributed by atoms with Crippen molar-refractivity contribution < 1.29 is 9.59 Å². The molecule has 2 rings (SSSR count). The van der Waals surface area contributed by atoms with E-state index in [1.165, 1.54) is 6.42 Å². The van der Waals surface area contributed by atoms with Gasteiger partial charge in [-0.3, -0.25) is 9.48 Å². The molecule has 1 aromatic rings. The summed E-state index contributed by atoms with van der Waals surface area (Å²) in [5.41, 5.74) is 0. The first-order valence-corrected chi connectivity index (χ1v) is 8.40. The molecule has 0 spiro atoms. The Morgan fingerprint density at radius 1 is 1.39 bits per heavy atom. The number of nitrogens with zero attached hydrogens (tertiary/aromatic N) is 3. The standard InChI is InChI=1S/C16H27N5O2/c1-13-7-3-4-12-21(13)15(22)14(2)19-16(23)17-8-5-10-20-11-6-9-18-20/h6,9,11,13-14H,3-5,7-8,10,12H2,1-2H3,(H2,17,19,23)/t13-,14+/m0/s1. The molecule has 128 valence electrons. The van der Waals surface area contributed by atoms with Gasteiger partial charge in [-0.25, -0.2) is 4.79 Å². The highest BCUT2D eigenvalue weighted by atomic mass is 16.2. The summed E-state index contributed by atoms with van der Waals surface area (Å²) in [5.74, 6) is 0.00360. The molecular formula is C16H27N5O2. The molecule has 0 unspecified atom stereocenters. The maximum atomic E-state index is 12.4. The van der Waals surface area contributed by atoms with Crippen molar-refractivity contribution >= 4 is 11.9 Å². The fraction of sp³-hybridized carbons (Fsp3) is 0.688. The van der Waals surface area contributed by atoms with E-state index in [-0.39, 0.29) is 18.0 Å². The van der Waals surface area contributed by atoms with Crippen LogP contribution in [0, 0.1) is 0 Å². The van der Waals surface area contributed by atoms with E-state index in [0.29, 0.717) is 6.54 Å². The molecule has 1 aliphatic heterocycles. The van der Waals surface area contributed by atoms with Crippen molar-refractivity contribution in [3.05, 3.63) is 18.5 Å². The molecule has 2 heterocycles. The van der Waals surface area contributed by atoms with Crippen LogP contribution in [-0.4, -0.2) is 51.8 Å². The zero-order chi connectivity index (χ0) is 16.7. The zero-order valence-electron chi connectivity index (χ0n) is 14.0. The summed E-state index contributed by atoms with van der Waals surface area (Å²) in [7, 11) is 0. The molecule has 23 heavy (non-hydrogen) atoms. The number of rotatable bonds is 6. The van der Waals surface area contributed by atoms with E-state index in [2.05, 4.69) is 22.7 Å². The van der Waals surface area contributed by atoms with Crippen LogP contribution >= 0.6 is 0 Å². The van der Waals surface area contributed by atoms with Crippen molar-refractivity contribution in [1.82, 2.24) is 25.3 Å². The van der Waals surface area contributed by atoms with Crippen LogP contribution in [0.5, 0.6) is 0 Å². The van der Waals surface area contributed by atoms with Crippen LogP contribution in [0.1, 0.15) is 39.5 Å². The number of aromatic nitrogens is 2. The Hall–Kier alpha value is -2.05. The molecule has 7 heteroatoms. The second-order valence-corrected chi connectivity index (χ2v) is 6.12. The van der Waals surface area contributed by atoms with Gasteiger partial charge >= 0.3 is 6.03 Å². The number of likely N-dealkylation sites (tertiary alicyclic amines) is 1. The molecule has 1 aromatic heterocycles. The lowest BCUT2D eigenvalue weighted by Gasteiger charge is -2.35. The van der Waals surface area contributed by atoms with Crippen LogP contribution in [0.4, 0.5) is 4.79 Å². The lowest BCUT2D eigenvalue weighted by Crippen LogP contribution is -2.53. The van der Waals surface area contributed by atoms with Gasteiger partial charge in [-0.2, -0.15) is 5.10 Å². The predicted octanol–water partition coefficient (Wildman–Crippen LogP) is 1.36. The molecule has 0 aromatic carbocycles. The molecule has 7 nitrogen and oxygen atoms in total. The van der Waals surface area contributed by atoms with Crippen molar-refractivity contribution in [3.63, 3.8) is 0 Å². The van der Waals surface area contributed by atoms with Gasteiger partial charge in [0, 0.05) is 38.1 Å². The summed E-state index contributed by atoms with van der Waals surface area (Å²) in [6.07, 6.45) is 7.67. The lowest BCUT2D eigenvalue weighted by molar-refractivity contribution is -0.136. The molecule has 2 N–H and O–H groups in total. The normalized spacial score (nSPS) is 19.2. The average Bonchev–Trinajstić information content (AvgIpc) is 3.04. The first-order chi connectivity index (χ1) is 11.1. The quantitative estimate of drug-likeness (QED) is 0.777. The summed E-state index contributed by atoms with van der Waals surface area (Å²) < 4.78 is 1.82. The van der Waals surface area contributed by atoms with Crippen LogP contribution in [0.25, 0.3) is 0 Å². The number of hydrogen-bond acceptors (Lipinski definition) is 3. The molecule has 0 bridgehead atoms. The third kappa shape index (κ3) is 5.26. The molecule has 1 aliphatic rings. The number of nitrogens with one attached hydrogen (secondary N) is 2. The largest absolute Gasteiger partial charge is 0.338 e. The highest BCUT2D eigenvalue weighted by Crippen LogP contribution is 2.17. The number of carbonyl (C=O) groups excluding carboxylic acids is 2. The van der Waals surface area contributed by atoms with Crippen molar-refractivity contribution in [3.8, 4) is 0 Å². The predicted molar refractivity (Wildman–Crippen MR) is 87.9 cm³/mol. The minimum Gasteiger partial charge on any atom is -0.338 e. The van der Waals surface area contributed by atoms with Crippen LogP contribution in [-0.2, 0) is 11.3 Å². The summed E-state index contributed by atoms with van der Waals surface area (Å²) >= 11 is 0. The number of amides is 3. The SMILES string of the molecule is C[C@@H](NC(=O)NCCCn1cccn1)C(=O)N1CCCC[C@@H]1C. The third-order valence-corrected chi connectivity index (χ3v) is 4.21. The van der Waals surface area contributed by atoms with Crippen molar-refractivity contribution in [2.45, 2.75) is 58.2 Å². The van der Waals surface area contributed by atoms with E-state index in [4.69, 9.17) is 0 Å². The van der Waals surface area contributed by atoms with E-state index < -0.39 is 6.04 Å². The Balaban J connectivity index is 1.66. The number of urea groups is 1. The Morgan fingerprint density at radius 2 is 2.22 bits per heavy atom. The Bertz CT molecular complexity index is 503. The van der Waals surface area contributed by atoms with Gasteiger partial charge < -0.3 is 15.5 Å². The van der Waals surface area contributed by atoms with Crippen molar-refractivity contribution in [2.24, 2.45) is 0 Å². The highest BCUT2D eigenvalue weighted by Gasteiger charge is 2.27. The minimum atomic E-state index is -0.498. The van der Waals surface area contributed by atoms with Gasteiger partial charge in [0.1, 0.15) is 6.04 Å². The number of piperidine rings is 1. The number of hydrogen-bond donors (Lipinski definition) is 2. The fourth-order valence-electron chi connectivity index (χ4n) is 2.86. The van der Waals surface area contributed by atoms with Crippen LogP contribution < -0.4 is 10.6 Å². The van der Waals surface area contributed by atoms with E-state index in [9.17, 15) is 9.59 Å². The average molecular weight is 321 g/mol. The summed E-state index contributed by atoms with van der Waals surface area (Å²) in [5, 5.41) is 9.61. The van der Waals surface area contributed by atoms with Crippen LogP contribution in [0.3, 0.4) is 0 Å². The number of aryl methyl sites for hydroxylation is 1. The second-order valence-electron chi connectivity index (χ2n) is 6.12. The van der Waals surface area contributed by atoms with Crippen molar-refractivity contribution in [2.75, 3.05) is 13.1 Å². The van der Waals surface area contributed by atoms with Gasteiger partial charge in [-0.1, -0.05) is 0 Å². The first kappa shape index (κ1) is 17.3. The summed E-state index contributed by atoms with van der Waals surface area (Å²) in [6.45, 7) is 5.91. The lowest BCUT2D eigenvalue weighted by atomic mass is 10.0. The highest BCUT2D eigenvalue weighted by molar-refractivity contribution is 5.86. The van der Waals surface area contributed by atoms with Gasteiger partial charge in [-0.05, 0) is 45.6 Å². The zero-order valence-corrected chi connectivity index (χ0v) is 14.0. The van der Waals surface area contributed by atoms with Gasteiger partial charge in [0.2, 0.25) is 5.91 Å². The molecule has 0 radical (unpaired) electrons. The molecule has 1 fully saturated rings. The van der Waals surface area contributed by atoms with Gasteiger partial charge in [0.05, 0.1) is 0 Å². The Kier molecular flexibility index (Phi) is 6.43. The van der Waals surface area contributed by atoms with Gasteiger partial charge in [-0.15, -0.1) is 0 Å². The van der Waals surface area contributed by atoms with E-state index in [1.807, 2.05) is 21.8 Å². The second kappa shape index (κ2) is 8.55. The Labute approximate surface area is 137 Å². The van der Waals surface area contributed by atoms with Crippen molar-refractivity contribution in [1.29, 1.82) is 0 Å². The molecule has 0 saturated carbocycles. The van der Waals surface area contributed by atoms with Crippen LogP contribution in [0.2, 0.25) is 0 Å². The van der Waals surface area contributed by atoms with Gasteiger partial charge in [0.25, 0.3) is 0 Å². The first-order valence-electron chi connectivity index (χ1n) is 8.40. The molecule has 2 atom stereocenters. The maximum absolute atomic E-state index is 12.4. The summed E-state index contributed by atoms with van der Waals surface area (Å²) in [6, 6.07) is 1.34. The molecule has 3 amide bonds. The smallest absolute Gasteiger partial charge is 0.315 e. The molecular weight excluding hydrogens is 294 g/mol. The fourth-order valence-corrected chi connectivity index (χ4v) is 2.86. The van der Waals surface area contributed by atoms with Crippen LogP contribution in [0.15, 0.2) is 18.5 Å². The summed E-state index contributed by atoms with van der Waals surface area (Å²) in [4.78, 5) is 26.2. The topological polar surface area (TPSA) is 79.3 Å². The maximum Gasteiger partial charge on any atom is 0.315 e.